The highest BCUT2D eigenvalue weighted by atomic mass is 16.5. The van der Waals surface area contributed by atoms with Crippen LogP contribution in [0.15, 0.2) is 36.4 Å². The zero-order valence-electron chi connectivity index (χ0n) is 15.3. The minimum absolute atomic E-state index is 0.0415. The Morgan fingerprint density at radius 3 is 2.42 bits per heavy atom. The Morgan fingerprint density at radius 2 is 1.85 bits per heavy atom. The van der Waals surface area contributed by atoms with Crippen LogP contribution in [0.3, 0.4) is 0 Å². The molecule has 0 bridgehead atoms. The molecule has 1 atom stereocenters. The van der Waals surface area contributed by atoms with Crippen molar-refractivity contribution in [3.63, 3.8) is 0 Å². The molecule has 0 saturated heterocycles. The monoisotopic (exact) mass is 354 g/mol. The van der Waals surface area contributed by atoms with Gasteiger partial charge < -0.3 is 14.6 Å². The van der Waals surface area contributed by atoms with Crippen molar-refractivity contribution in [1.82, 2.24) is 0 Å². The number of fused-ring (bicyclic) bond motifs is 1. The molecule has 1 N–H and O–H groups in total. The molecule has 136 valence electrons. The number of hydrogen-bond donors (Lipinski definition) is 1. The minimum atomic E-state index is -1.07. The number of rotatable bonds is 5. The number of ketones is 1. The van der Waals surface area contributed by atoms with Crippen LogP contribution >= 0.6 is 0 Å². The van der Waals surface area contributed by atoms with Crippen molar-refractivity contribution in [2.24, 2.45) is 5.92 Å². The van der Waals surface area contributed by atoms with Crippen molar-refractivity contribution in [3.8, 4) is 11.5 Å². The van der Waals surface area contributed by atoms with Crippen molar-refractivity contribution >= 4 is 11.8 Å². The molecule has 1 aliphatic carbocycles. The van der Waals surface area contributed by atoms with Crippen molar-refractivity contribution in [2.45, 2.75) is 25.7 Å². The Morgan fingerprint density at radius 1 is 1.15 bits per heavy atom. The zero-order valence-corrected chi connectivity index (χ0v) is 15.3. The maximum absolute atomic E-state index is 13.0. The number of carboxylic acids is 1. The molecule has 2 aromatic carbocycles. The molecule has 0 radical (unpaired) electrons. The van der Waals surface area contributed by atoms with E-state index >= 15 is 0 Å². The molecule has 0 fully saturated rings. The van der Waals surface area contributed by atoms with Crippen molar-refractivity contribution < 1.29 is 24.2 Å². The van der Waals surface area contributed by atoms with Gasteiger partial charge >= 0.3 is 5.97 Å². The summed E-state index contributed by atoms with van der Waals surface area (Å²) in [5.74, 6) is -0.567. The molecule has 26 heavy (non-hydrogen) atoms. The van der Waals surface area contributed by atoms with Gasteiger partial charge in [0.2, 0.25) is 0 Å². The quantitative estimate of drug-likeness (QED) is 0.886. The van der Waals surface area contributed by atoms with Crippen LogP contribution in [0.1, 0.15) is 45.7 Å². The third-order valence-electron chi connectivity index (χ3n) is 5.35. The number of Topliss-reactive ketones (excluding diaryl/α,β-unsaturated/α-hetero) is 1. The number of hydrogen-bond acceptors (Lipinski definition) is 4. The lowest BCUT2D eigenvalue weighted by Gasteiger charge is -2.28. The van der Waals surface area contributed by atoms with E-state index in [0.717, 1.165) is 5.56 Å². The Labute approximate surface area is 152 Å². The van der Waals surface area contributed by atoms with Gasteiger partial charge in [-0.1, -0.05) is 38.1 Å². The molecule has 0 amide bonds. The third-order valence-corrected chi connectivity index (χ3v) is 5.35. The van der Waals surface area contributed by atoms with E-state index in [2.05, 4.69) is 0 Å². The second kappa shape index (κ2) is 6.48. The van der Waals surface area contributed by atoms with Gasteiger partial charge in [-0.25, -0.2) is 4.79 Å². The van der Waals surface area contributed by atoms with E-state index in [1.54, 1.807) is 6.07 Å². The van der Waals surface area contributed by atoms with E-state index in [1.165, 1.54) is 20.3 Å². The van der Waals surface area contributed by atoms with Gasteiger partial charge in [0.05, 0.1) is 19.8 Å². The van der Waals surface area contributed by atoms with E-state index in [1.807, 2.05) is 38.1 Å². The van der Waals surface area contributed by atoms with Crippen LogP contribution < -0.4 is 9.47 Å². The standard InChI is InChI=1S/C21H22O5/c1-21(2)16-8-6-5-7-13(16)19(22)17(21)11-14-15(20(23)24)9-12(25-3)10-18(14)26-4/h5-10,17H,11H2,1-4H3,(H,23,24)/t17-/m1/s1. The second-order valence-corrected chi connectivity index (χ2v) is 7.05. The molecule has 1 aliphatic rings. The summed E-state index contributed by atoms with van der Waals surface area (Å²) in [5, 5.41) is 9.65. The van der Waals surface area contributed by atoms with Gasteiger partial charge in [-0.05, 0) is 18.1 Å². The SMILES string of the molecule is COc1cc(OC)c(C[C@@H]2C(=O)c3ccccc3C2(C)C)c(C(=O)O)c1. The van der Waals surface area contributed by atoms with E-state index in [4.69, 9.17) is 9.47 Å². The van der Waals surface area contributed by atoms with E-state index in [-0.39, 0.29) is 23.7 Å². The summed E-state index contributed by atoms with van der Waals surface area (Å²) < 4.78 is 10.6. The highest BCUT2D eigenvalue weighted by Crippen LogP contribution is 2.45. The molecule has 0 spiro atoms. The molecule has 2 aromatic rings. The summed E-state index contributed by atoms with van der Waals surface area (Å²) >= 11 is 0. The Bertz CT molecular complexity index is 882. The van der Waals surface area contributed by atoms with E-state index in [9.17, 15) is 14.7 Å². The van der Waals surface area contributed by atoms with Gasteiger partial charge in [-0.2, -0.15) is 0 Å². The highest BCUT2D eigenvalue weighted by Gasteiger charge is 2.46. The number of carboxylic acid groups (broad SMARTS) is 1. The van der Waals surface area contributed by atoms with Gasteiger partial charge in [-0.15, -0.1) is 0 Å². The van der Waals surface area contributed by atoms with Gasteiger partial charge in [0.1, 0.15) is 11.5 Å². The predicted octanol–water partition coefficient (Wildman–Crippen LogP) is 3.73. The first-order valence-corrected chi connectivity index (χ1v) is 8.43. The van der Waals surface area contributed by atoms with Crippen molar-refractivity contribution in [3.05, 3.63) is 58.7 Å². The fourth-order valence-corrected chi connectivity index (χ4v) is 3.84. The first kappa shape index (κ1) is 18.0. The van der Waals surface area contributed by atoms with Gasteiger partial charge in [0.25, 0.3) is 0 Å². The van der Waals surface area contributed by atoms with Gasteiger partial charge in [0, 0.05) is 28.5 Å². The fourth-order valence-electron chi connectivity index (χ4n) is 3.84. The molecule has 3 rings (SSSR count). The topological polar surface area (TPSA) is 72.8 Å². The summed E-state index contributed by atoms with van der Waals surface area (Å²) in [4.78, 5) is 24.8. The van der Waals surface area contributed by atoms with Crippen LogP contribution in [0, 0.1) is 5.92 Å². The summed E-state index contributed by atoms with van der Waals surface area (Å²) in [6, 6.07) is 10.7. The number of methoxy groups -OCH3 is 2. The maximum atomic E-state index is 13.0. The predicted molar refractivity (Wildman–Crippen MR) is 97.5 cm³/mol. The molecule has 5 heteroatoms. The summed E-state index contributed by atoms with van der Waals surface area (Å²) in [6.45, 7) is 4.05. The van der Waals surface area contributed by atoms with Crippen LogP contribution in [0.2, 0.25) is 0 Å². The Hall–Kier alpha value is -2.82. The Kier molecular flexibility index (Phi) is 4.48. The van der Waals surface area contributed by atoms with E-state index in [0.29, 0.717) is 22.6 Å². The lowest BCUT2D eigenvalue weighted by Crippen LogP contribution is -2.29. The third kappa shape index (κ3) is 2.73. The minimum Gasteiger partial charge on any atom is -0.497 e. The average Bonchev–Trinajstić information content (AvgIpc) is 2.82. The zero-order chi connectivity index (χ0) is 19.1. The first-order valence-electron chi connectivity index (χ1n) is 8.43. The molecule has 0 saturated carbocycles. The largest absolute Gasteiger partial charge is 0.497 e. The molecule has 0 heterocycles. The first-order chi connectivity index (χ1) is 12.3. The molecule has 0 aliphatic heterocycles. The maximum Gasteiger partial charge on any atom is 0.336 e. The Balaban J connectivity index is 2.10. The number of aromatic carboxylic acids is 1. The number of ether oxygens (including phenoxy) is 2. The number of benzene rings is 2. The fraction of sp³-hybridized carbons (Fsp3) is 0.333. The molecular weight excluding hydrogens is 332 g/mol. The molecule has 5 nitrogen and oxygen atoms in total. The lowest BCUT2D eigenvalue weighted by molar-refractivity contribution is 0.0692. The van der Waals surface area contributed by atoms with Crippen LogP contribution in [0.4, 0.5) is 0 Å². The summed E-state index contributed by atoms with van der Waals surface area (Å²) in [6.07, 6.45) is 0.287. The smallest absolute Gasteiger partial charge is 0.336 e. The van der Waals surface area contributed by atoms with Crippen LogP contribution in [-0.4, -0.2) is 31.1 Å². The van der Waals surface area contributed by atoms with Crippen LogP contribution in [0.25, 0.3) is 0 Å². The number of carbonyl (C=O) groups excluding carboxylic acids is 1. The molecule has 0 unspecified atom stereocenters. The van der Waals surface area contributed by atoms with Crippen molar-refractivity contribution in [1.29, 1.82) is 0 Å². The molecular formula is C21H22O5. The second-order valence-electron chi connectivity index (χ2n) is 7.05. The highest BCUT2D eigenvalue weighted by molar-refractivity contribution is 6.04. The average molecular weight is 354 g/mol. The van der Waals surface area contributed by atoms with Gasteiger partial charge in [0.15, 0.2) is 5.78 Å². The van der Waals surface area contributed by atoms with E-state index < -0.39 is 11.4 Å². The van der Waals surface area contributed by atoms with Crippen LogP contribution in [0.5, 0.6) is 11.5 Å². The van der Waals surface area contributed by atoms with Crippen molar-refractivity contribution in [2.75, 3.05) is 14.2 Å². The van der Waals surface area contributed by atoms with Gasteiger partial charge in [-0.3, -0.25) is 4.79 Å². The number of carbonyl (C=O) groups is 2. The summed E-state index contributed by atoms with van der Waals surface area (Å²) in [7, 11) is 2.96. The molecule has 0 aromatic heterocycles. The van der Waals surface area contributed by atoms with Crippen LogP contribution in [-0.2, 0) is 11.8 Å². The summed E-state index contributed by atoms with van der Waals surface area (Å²) in [5.41, 5.74) is 1.93. The lowest BCUT2D eigenvalue weighted by atomic mass is 9.75. The normalized spacial score (nSPS) is 17.7.